The van der Waals surface area contributed by atoms with Gasteiger partial charge >= 0.3 is 0 Å². The van der Waals surface area contributed by atoms with Crippen molar-refractivity contribution in [1.29, 1.82) is 0 Å². The minimum Gasteiger partial charge on any atom is -0.340 e. The smallest absolute Gasteiger partial charge is 0.177 e. The molecular weight excluding hydrogens is 1810 g/mol. The second kappa shape index (κ2) is 113. The normalized spacial score (nSPS) is 9.11. The Labute approximate surface area is 881 Å². The van der Waals surface area contributed by atoms with Crippen LogP contribution in [0.25, 0.3) is 0 Å². The first-order chi connectivity index (χ1) is 67.5. The average Bonchev–Trinajstić information content (AvgIpc) is 1.73. The quantitative estimate of drug-likeness (QED) is 0.103. The Morgan fingerprint density at radius 1 is 0.345 bits per heavy atom. The van der Waals surface area contributed by atoms with Crippen LogP contribution >= 0.6 is 23.1 Å². The third-order valence-corrected chi connectivity index (χ3v) is 17.9. The summed E-state index contributed by atoms with van der Waals surface area (Å²) in [7, 11) is 13.5. The van der Waals surface area contributed by atoms with Crippen molar-refractivity contribution in [2.45, 2.75) is 472 Å². The van der Waals surface area contributed by atoms with Crippen molar-refractivity contribution in [3.05, 3.63) is 191 Å². The van der Waals surface area contributed by atoms with E-state index in [0.717, 1.165) is 34.4 Å². The van der Waals surface area contributed by atoms with Gasteiger partial charge in [-0.1, -0.05) is 334 Å². The Morgan fingerprint density at radius 2 is 0.866 bits per heavy atom. The maximum Gasteiger partial charge on any atom is 0.177 e. The van der Waals surface area contributed by atoms with E-state index in [4.69, 9.17) is 0 Å². The zero-order valence-electron chi connectivity index (χ0n) is 104. The Balaban J connectivity index is -0.000000102. The van der Waals surface area contributed by atoms with Crippen molar-refractivity contribution in [3.63, 3.8) is 0 Å². The molecule has 0 aliphatic rings. The van der Waals surface area contributed by atoms with E-state index in [0.29, 0.717) is 77.4 Å². The molecule has 0 saturated heterocycles. The molecule has 828 valence electrons. The number of imidazole rings is 3. The summed E-state index contributed by atoms with van der Waals surface area (Å²) in [6.07, 6.45) is 30.0. The Hall–Kier alpha value is -9.92. The van der Waals surface area contributed by atoms with Crippen molar-refractivity contribution >= 4 is 23.1 Å². The molecule has 0 spiro atoms. The van der Waals surface area contributed by atoms with E-state index in [2.05, 4.69) is 269 Å². The lowest BCUT2D eigenvalue weighted by molar-refractivity contribution is 0.454. The molecule has 0 aliphatic carbocycles. The van der Waals surface area contributed by atoms with Crippen LogP contribution in [0.3, 0.4) is 0 Å². The Kier molecular flexibility index (Phi) is 130. The van der Waals surface area contributed by atoms with Crippen molar-refractivity contribution in [2.75, 3.05) is 0 Å². The van der Waals surface area contributed by atoms with Gasteiger partial charge in [0, 0.05) is 156 Å². The van der Waals surface area contributed by atoms with Crippen LogP contribution in [-0.4, -0.2) is 152 Å². The summed E-state index contributed by atoms with van der Waals surface area (Å²) in [6.45, 7) is 117. The van der Waals surface area contributed by atoms with Gasteiger partial charge in [0.1, 0.15) is 0 Å². The number of hydrogen-bond acceptors (Lipinski definition) is 22. The summed E-state index contributed by atoms with van der Waals surface area (Å²) in [6, 6.07) is 7.81. The van der Waals surface area contributed by atoms with Crippen LogP contribution in [0.2, 0.25) is 0 Å². The molecule has 0 N–H and O–H groups in total. The SMILES string of the molecule is CC.CC.CC.CC.CC.CC.CC.CC.CC.CC.CC.CC.CC.CC.CC(C)c1ccnn1C.CC(C)c1ccns1.CC(C)c1cn(C)cn1.CC(C)c1cncn1C.CC(C)c1cnn(C)c1.CC(C)c1cnsc1.CC(C)c1nnn(C)n1.CC(C)n1cccn1.CC(C)n1ccnc1.CC(C)n1ccnn1.Cc1c(C(C)C)nnn1C.Cc1nnn(C(C)C)n1.Cc1nnn(C)c1C(C)C. The van der Waals surface area contributed by atoms with Crippen LogP contribution in [-0.2, 0) is 49.3 Å². The third-order valence-electron chi connectivity index (χ3n) is 16.2. The summed E-state index contributed by atoms with van der Waals surface area (Å²) in [5.41, 5.74) is 10.9. The highest BCUT2D eigenvalue weighted by Crippen LogP contribution is 2.19. The number of hydrogen-bond donors (Lipinski definition) is 0. The van der Waals surface area contributed by atoms with E-state index in [9.17, 15) is 0 Å². The molecule has 0 bridgehead atoms. The monoisotopic (exact) mass is 2030 g/mol. The van der Waals surface area contributed by atoms with Crippen LogP contribution in [0.4, 0.5) is 0 Å². The predicted octanol–water partition coefficient (Wildman–Crippen LogP) is 32.3. The summed E-state index contributed by atoms with van der Waals surface area (Å²) in [5, 5.41) is 60.5. The lowest BCUT2D eigenvalue weighted by atomic mass is 10.1. The zero-order chi connectivity index (χ0) is 114. The molecule has 0 unspecified atom stereocenters. The van der Waals surface area contributed by atoms with E-state index in [-0.39, 0.29) is 0 Å². The molecule has 13 aromatic rings. The molecule has 0 atom stereocenters. The molecule has 33 heteroatoms. The zero-order valence-corrected chi connectivity index (χ0v) is 105. The van der Waals surface area contributed by atoms with E-state index in [1.165, 1.54) is 49.4 Å². The topological polar surface area (TPSA) is 312 Å². The Bertz CT molecular complexity index is 3910. The Morgan fingerprint density at radius 3 is 1.05 bits per heavy atom. The minimum atomic E-state index is 0.311. The van der Waals surface area contributed by atoms with Crippen molar-refractivity contribution in [2.24, 2.45) is 49.3 Å². The second-order valence-corrected chi connectivity index (χ2v) is 32.4. The second-order valence-electron chi connectivity index (χ2n) is 30.9. The molecule has 0 aromatic carbocycles. The molecule has 31 nitrogen and oxygen atoms in total. The maximum atomic E-state index is 4.18. The lowest BCUT2D eigenvalue weighted by Crippen LogP contribution is -2.04. The van der Waals surface area contributed by atoms with Crippen LogP contribution in [0.15, 0.2) is 123 Å². The first-order valence-electron chi connectivity index (χ1n) is 53.3. The third kappa shape index (κ3) is 85.6. The standard InChI is InChI=1S/2C7H13N3.4C7H12N2.2C6H10N2.2C6H9NS.2C5H10N4.C5H9N3.14C2H6/c1-5(2)7-6(3)10(4)9-8-7;1-5(2)7-6(3)8-9-10(7)4;1-6(2)7-4-9(3)5-8-7;1-6(2)7-4-8-5-9(7)3;1-6(2)7-4-8-9(3)5-7;1-6(2)7-4-5-8-9(7)3;1-6(2)8-4-3-7-5-8;1-6(2)8-5-3-4-7-8;1-5(2)6-3-7-8-4-6;1-5(2)6-3-4-7-8-6;1-4(2)5-6-8-9(3)7-5;1-4(2)9-7-5(3)6-8-9;1-5(2)8-4-3-6-7-8;14*1-2/h2*5H,1-4H3;4*4-6H,1-3H3;2*3-6H,1-2H3;2*3-5H,1-2H3;2*4H,1-3H3;3-5H,1-2H3;14*1-2H3. The van der Waals surface area contributed by atoms with Gasteiger partial charge in [-0.15, -0.1) is 35.7 Å². The summed E-state index contributed by atoms with van der Waals surface area (Å²) in [4.78, 5) is 16.5. The van der Waals surface area contributed by atoms with Gasteiger partial charge in [-0.2, -0.15) is 24.9 Å². The largest absolute Gasteiger partial charge is 0.340 e. The molecular formula is C109H225N31S2. The lowest BCUT2D eigenvalue weighted by Gasteiger charge is -2.03. The maximum absolute atomic E-state index is 4.18. The van der Waals surface area contributed by atoms with Gasteiger partial charge in [-0.3, -0.25) is 28.1 Å². The van der Waals surface area contributed by atoms with Gasteiger partial charge in [0.15, 0.2) is 11.6 Å². The van der Waals surface area contributed by atoms with Crippen LogP contribution in [0, 0.1) is 20.8 Å². The van der Waals surface area contributed by atoms with Gasteiger partial charge in [0.25, 0.3) is 0 Å². The fraction of sp³-hybridized carbons (Fsp3) is 0.706. The molecule has 0 aliphatic heterocycles. The van der Waals surface area contributed by atoms with Gasteiger partial charge < -0.3 is 13.7 Å². The predicted molar refractivity (Wildman–Crippen MR) is 622 cm³/mol. The highest BCUT2D eigenvalue weighted by Gasteiger charge is 2.11. The summed E-state index contributed by atoms with van der Waals surface area (Å²) in [5.74, 6) is 6.48. The molecule has 0 saturated carbocycles. The number of aryl methyl sites for hydroxylation is 9. The molecule has 0 fully saturated rings. The van der Waals surface area contributed by atoms with Crippen LogP contribution in [0.1, 0.15) is 519 Å². The number of aromatic nitrogens is 31. The molecule has 0 radical (unpaired) electrons. The first-order valence-corrected chi connectivity index (χ1v) is 54.9. The molecule has 0 amide bonds. The minimum absolute atomic E-state index is 0.311. The fourth-order valence-corrected chi connectivity index (χ4v) is 10.6. The van der Waals surface area contributed by atoms with Crippen LogP contribution < -0.4 is 0 Å². The number of tetrazole rings is 2. The number of nitrogens with zero attached hydrogens (tertiary/aromatic N) is 31. The van der Waals surface area contributed by atoms with E-state index >= 15 is 0 Å². The van der Waals surface area contributed by atoms with Crippen molar-refractivity contribution < 1.29 is 0 Å². The summed E-state index contributed by atoms with van der Waals surface area (Å²) >= 11 is 3.10. The van der Waals surface area contributed by atoms with Gasteiger partial charge in [0.2, 0.25) is 0 Å². The highest BCUT2D eigenvalue weighted by atomic mass is 32.1. The summed E-state index contributed by atoms with van der Waals surface area (Å²) < 4.78 is 25.1. The van der Waals surface area contributed by atoms with Crippen LogP contribution in [0.5, 0.6) is 0 Å². The molecule has 13 aromatic heterocycles. The van der Waals surface area contributed by atoms with Gasteiger partial charge in [-0.05, 0) is 186 Å². The fourth-order valence-electron chi connectivity index (χ4n) is 9.28. The van der Waals surface area contributed by atoms with E-state index < -0.39 is 0 Å². The molecule has 142 heavy (non-hydrogen) atoms. The number of rotatable bonds is 13. The molecule has 13 heterocycles. The van der Waals surface area contributed by atoms with Gasteiger partial charge in [0.05, 0.1) is 72.9 Å². The van der Waals surface area contributed by atoms with Gasteiger partial charge in [-0.25, -0.2) is 23.7 Å². The van der Waals surface area contributed by atoms with Crippen molar-refractivity contribution in [1.82, 2.24) is 152 Å². The molecule has 13 rings (SSSR count). The highest BCUT2D eigenvalue weighted by molar-refractivity contribution is 7.05. The van der Waals surface area contributed by atoms with Crippen molar-refractivity contribution in [3.8, 4) is 0 Å². The van der Waals surface area contributed by atoms with E-state index in [1.807, 2.05) is 406 Å². The van der Waals surface area contributed by atoms with E-state index in [1.54, 1.807) is 51.3 Å². The average molecular weight is 2030 g/mol. The first kappa shape index (κ1) is 163.